The second-order valence-corrected chi connectivity index (χ2v) is 5.10. The van der Waals surface area contributed by atoms with Gasteiger partial charge < -0.3 is 15.5 Å². The minimum Gasteiger partial charge on any atom is -0.384 e. The van der Waals surface area contributed by atoms with Crippen LogP contribution in [0.5, 0.6) is 0 Å². The van der Waals surface area contributed by atoms with Crippen molar-refractivity contribution in [3.8, 4) is 0 Å². The van der Waals surface area contributed by atoms with Crippen molar-refractivity contribution in [2.75, 3.05) is 32.1 Å². The highest BCUT2D eigenvalue weighted by atomic mass is 15.2. The first-order valence-corrected chi connectivity index (χ1v) is 6.44. The van der Waals surface area contributed by atoms with Gasteiger partial charge in [-0.1, -0.05) is 12.1 Å². The molecule has 0 aliphatic carbocycles. The van der Waals surface area contributed by atoms with Crippen LogP contribution in [0.3, 0.4) is 0 Å². The Kier molecular flexibility index (Phi) is 3.87. The monoisotopic (exact) mass is 246 g/mol. The van der Waals surface area contributed by atoms with E-state index in [1.165, 1.54) is 19.4 Å². The van der Waals surface area contributed by atoms with Gasteiger partial charge in [-0.05, 0) is 38.6 Å². The topological polar surface area (TPSA) is 56.4 Å². The molecule has 0 amide bonds. The predicted octanol–water partition coefficient (Wildman–Crippen LogP) is 1.50. The van der Waals surface area contributed by atoms with Crippen LogP contribution in [0.2, 0.25) is 0 Å². The Hall–Kier alpha value is -1.55. The molecule has 1 heterocycles. The first-order chi connectivity index (χ1) is 8.59. The van der Waals surface area contributed by atoms with Crippen LogP contribution in [0, 0.1) is 5.41 Å². The van der Waals surface area contributed by atoms with E-state index in [4.69, 9.17) is 11.1 Å². The molecule has 1 aromatic carbocycles. The third kappa shape index (κ3) is 2.64. The number of nitrogens with one attached hydrogen (secondary N) is 1. The molecule has 1 saturated heterocycles. The summed E-state index contributed by atoms with van der Waals surface area (Å²) in [5, 5.41) is 7.66. The van der Waals surface area contributed by atoms with Crippen LogP contribution in [0.1, 0.15) is 18.4 Å². The van der Waals surface area contributed by atoms with Crippen LogP contribution in [0.4, 0.5) is 5.69 Å². The SMILES string of the molecule is CN1CCCC(N(C)c2ccccc2C(=N)N)C1. The molecule has 4 heteroatoms. The zero-order valence-electron chi connectivity index (χ0n) is 11.2. The van der Waals surface area contributed by atoms with E-state index in [0.717, 1.165) is 17.8 Å². The van der Waals surface area contributed by atoms with Gasteiger partial charge in [0.25, 0.3) is 0 Å². The van der Waals surface area contributed by atoms with Crippen LogP contribution >= 0.6 is 0 Å². The number of amidine groups is 1. The van der Waals surface area contributed by atoms with Crippen LogP contribution in [-0.2, 0) is 0 Å². The lowest BCUT2D eigenvalue weighted by Gasteiger charge is -2.37. The summed E-state index contributed by atoms with van der Waals surface area (Å²) in [5.74, 6) is 0.140. The van der Waals surface area contributed by atoms with E-state index < -0.39 is 0 Å². The number of anilines is 1. The normalized spacial score (nSPS) is 20.7. The lowest BCUT2D eigenvalue weighted by Crippen LogP contribution is -2.45. The van der Waals surface area contributed by atoms with Crippen molar-refractivity contribution < 1.29 is 0 Å². The number of nitrogens with zero attached hydrogens (tertiary/aromatic N) is 2. The van der Waals surface area contributed by atoms with Crippen molar-refractivity contribution in [1.29, 1.82) is 5.41 Å². The lowest BCUT2D eigenvalue weighted by molar-refractivity contribution is 0.248. The van der Waals surface area contributed by atoms with Gasteiger partial charge in [-0.2, -0.15) is 0 Å². The van der Waals surface area contributed by atoms with Crippen molar-refractivity contribution >= 4 is 11.5 Å². The highest BCUT2D eigenvalue weighted by molar-refractivity contribution is 6.00. The van der Waals surface area contributed by atoms with Crippen molar-refractivity contribution in [1.82, 2.24) is 4.90 Å². The van der Waals surface area contributed by atoms with Gasteiger partial charge in [0, 0.05) is 30.9 Å². The van der Waals surface area contributed by atoms with Gasteiger partial charge in [-0.25, -0.2) is 0 Å². The van der Waals surface area contributed by atoms with E-state index in [9.17, 15) is 0 Å². The Morgan fingerprint density at radius 3 is 2.83 bits per heavy atom. The highest BCUT2D eigenvalue weighted by Gasteiger charge is 2.22. The summed E-state index contributed by atoms with van der Waals surface area (Å²) in [6.45, 7) is 2.25. The van der Waals surface area contributed by atoms with Crippen molar-refractivity contribution in [3.05, 3.63) is 29.8 Å². The second-order valence-electron chi connectivity index (χ2n) is 5.10. The van der Waals surface area contributed by atoms with E-state index in [-0.39, 0.29) is 5.84 Å². The number of rotatable bonds is 3. The Morgan fingerprint density at radius 1 is 1.44 bits per heavy atom. The summed E-state index contributed by atoms with van der Waals surface area (Å²) in [4.78, 5) is 4.63. The van der Waals surface area contributed by atoms with E-state index >= 15 is 0 Å². The van der Waals surface area contributed by atoms with Gasteiger partial charge in [0.15, 0.2) is 0 Å². The molecule has 4 nitrogen and oxygen atoms in total. The van der Waals surface area contributed by atoms with Gasteiger partial charge in [-0.15, -0.1) is 0 Å². The van der Waals surface area contributed by atoms with Gasteiger partial charge in [-0.3, -0.25) is 5.41 Å². The quantitative estimate of drug-likeness (QED) is 0.628. The smallest absolute Gasteiger partial charge is 0.124 e. The van der Waals surface area contributed by atoms with Gasteiger partial charge in [0.05, 0.1) is 0 Å². The fraction of sp³-hybridized carbons (Fsp3) is 0.500. The predicted molar refractivity (Wildman–Crippen MR) is 76.4 cm³/mol. The molecule has 1 aliphatic heterocycles. The van der Waals surface area contributed by atoms with E-state index in [1.54, 1.807) is 0 Å². The standard InChI is InChI=1S/C14H22N4/c1-17-9-5-6-11(10-17)18(2)13-8-4-3-7-12(13)14(15)16/h3-4,7-8,11H,5-6,9-10H2,1-2H3,(H3,15,16). The number of hydrogen-bond donors (Lipinski definition) is 2. The van der Waals surface area contributed by atoms with E-state index in [2.05, 4.69) is 23.9 Å². The number of piperidine rings is 1. The molecule has 1 aliphatic rings. The van der Waals surface area contributed by atoms with Crippen molar-refractivity contribution in [2.45, 2.75) is 18.9 Å². The molecule has 0 aromatic heterocycles. The molecule has 1 aromatic rings. The van der Waals surface area contributed by atoms with Crippen LogP contribution in [0.15, 0.2) is 24.3 Å². The number of nitrogen functional groups attached to an aromatic ring is 1. The molecule has 98 valence electrons. The van der Waals surface area contributed by atoms with Crippen LogP contribution < -0.4 is 10.6 Å². The summed E-state index contributed by atoms with van der Waals surface area (Å²) < 4.78 is 0. The fourth-order valence-electron chi connectivity index (χ4n) is 2.66. The molecule has 0 radical (unpaired) electrons. The van der Waals surface area contributed by atoms with E-state index in [1.807, 2.05) is 24.3 Å². The molecule has 2 rings (SSSR count). The number of benzene rings is 1. The summed E-state index contributed by atoms with van der Waals surface area (Å²) in [6.07, 6.45) is 2.43. The van der Waals surface area contributed by atoms with Crippen molar-refractivity contribution in [2.24, 2.45) is 5.73 Å². The van der Waals surface area contributed by atoms with Gasteiger partial charge in [0.2, 0.25) is 0 Å². The van der Waals surface area contributed by atoms with Gasteiger partial charge in [0.1, 0.15) is 5.84 Å². The molecule has 1 unspecified atom stereocenters. The molecule has 0 bridgehead atoms. The maximum atomic E-state index is 7.66. The maximum absolute atomic E-state index is 7.66. The molecule has 1 atom stereocenters. The summed E-state index contributed by atoms with van der Waals surface area (Å²) in [5.41, 5.74) is 7.54. The third-order valence-corrected chi connectivity index (χ3v) is 3.72. The highest BCUT2D eigenvalue weighted by Crippen LogP contribution is 2.24. The number of nitrogens with two attached hydrogens (primary N) is 1. The summed E-state index contributed by atoms with van der Waals surface area (Å²) in [6, 6.07) is 8.40. The Bertz CT molecular complexity index is 430. The Balaban J connectivity index is 2.22. The number of likely N-dealkylation sites (tertiary alicyclic amines) is 1. The largest absolute Gasteiger partial charge is 0.384 e. The molecule has 1 fully saturated rings. The molecule has 0 saturated carbocycles. The molecule has 3 N–H and O–H groups in total. The Morgan fingerprint density at radius 2 is 2.17 bits per heavy atom. The number of likely N-dealkylation sites (N-methyl/N-ethyl adjacent to an activating group) is 2. The van der Waals surface area contributed by atoms with Crippen LogP contribution in [-0.4, -0.2) is 44.0 Å². The Labute approximate surface area is 109 Å². The average Bonchev–Trinajstić information content (AvgIpc) is 2.38. The maximum Gasteiger partial charge on any atom is 0.124 e. The molecular weight excluding hydrogens is 224 g/mol. The number of hydrogen-bond acceptors (Lipinski definition) is 3. The summed E-state index contributed by atoms with van der Waals surface area (Å²) >= 11 is 0. The minimum absolute atomic E-state index is 0.140. The lowest BCUT2D eigenvalue weighted by atomic mass is 10.0. The van der Waals surface area contributed by atoms with Gasteiger partial charge >= 0.3 is 0 Å². The minimum atomic E-state index is 0.140. The molecule has 0 spiro atoms. The zero-order chi connectivity index (χ0) is 13.1. The first-order valence-electron chi connectivity index (χ1n) is 6.44. The van der Waals surface area contributed by atoms with Crippen molar-refractivity contribution in [3.63, 3.8) is 0 Å². The first kappa shape index (κ1) is 12.9. The zero-order valence-corrected chi connectivity index (χ0v) is 11.2. The van der Waals surface area contributed by atoms with Crippen LogP contribution in [0.25, 0.3) is 0 Å². The molecule has 18 heavy (non-hydrogen) atoms. The average molecular weight is 246 g/mol. The number of para-hydroxylation sites is 1. The second kappa shape index (κ2) is 5.40. The fourth-order valence-corrected chi connectivity index (χ4v) is 2.66. The summed E-state index contributed by atoms with van der Waals surface area (Å²) in [7, 11) is 4.27. The third-order valence-electron chi connectivity index (χ3n) is 3.72. The molecular formula is C14H22N4. The van der Waals surface area contributed by atoms with E-state index in [0.29, 0.717) is 6.04 Å².